The molecule has 0 atom stereocenters. The normalized spacial score (nSPS) is 17.9. The maximum Gasteiger partial charge on any atom is 0.354 e. The summed E-state index contributed by atoms with van der Waals surface area (Å²) in [5.74, 6) is -0.277. The number of aromatic nitrogens is 1. The van der Waals surface area contributed by atoms with Crippen molar-refractivity contribution in [3.8, 4) is 0 Å². The van der Waals surface area contributed by atoms with Crippen molar-refractivity contribution in [2.45, 2.75) is 91.1 Å². The molecule has 1 amide bonds. The molecule has 0 N–H and O–H groups in total. The Morgan fingerprint density at radius 3 is 2.17 bits per heavy atom. The van der Waals surface area contributed by atoms with Gasteiger partial charge in [0.15, 0.2) is 5.78 Å². The largest absolute Gasteiger partial charge is 0.464 e. The van der Waals surface area contributed by atoms with Crippen LogP contribution in [0.4, 0.5) is 0 Å². The predicted molar refractivity (Wildman–Crippen MR) is 116 cm³/mol. The van der Waals surface area contributed by atoms with Crippen LogP contribution in [-0.4, -0.2) is 46.8 Å². The highest BCUT2D eigenvalue weighted by atomic mass is 16.5. The average molecular weight is 417 g/mol. The first-order chi connectivity index (χ1) is 14.4. The van der Waals surface area contributed by atoms with Crippen LogP contribution in [0.1, 0.15) is 96.8 Å². The SMILES string of the molecule is CCn1c(C)c(C(=O)CN(C(=O)C2CCCC2)C2CCCCC2)c(C)c1C(=O)OC. The molecular weight excluding hydrogens is 380 g/mol. The number of carbonyl (C=O) groups is 3. The molecule has 0 bridgehead atoms. The first-order valence-corrected chi connectivity index (χ1v) is 11.5. The summed E-state index contributed by atoms with van der Waals surface area (Å²) in [4.78, 5) is 41.1. The lowest BCUT2D eigenvalue weighted by atomic mass is 9.92. The van der Waals surface area contributed by atoms with Crippen LogP contribution in [0.3, 0.4) is 0 Å². The Hall–Kier alpha value is -2.11. The molecule has 0 saturated heterocycles. The highest BCUT2D eigenvalue weighted by Gasteiger charge is 2.35. The standard InChI is InChI=1S/C24H36N2O4/c1-5-25-17(3)21(16(2)22(25)24(29)30-4)20(27)15-26(19-13-7-6-8-14-19)23(28)18-11-9-10-12-18/h18-19H,5-15H2,1-4H3. The number of carbonyl (C=O) groups excluding carboxylic acids is 3. The van der Waals surface area contributed by atoms with Crippen LogP contribution in [0, 0.1) is 19.8 Å². The van der Waals surface area contributed by atoms with Crippen LogP contribution >= 0.6 is 0 Å². The number of ether oxygens (including phenoxy) is 1. The van der Waals surface area contributed by atoms with Crippen molar-refractivity contribution in [3.05, 3.63) is 22.5 Å². The van der Waals surface area contributed by atoms with Crippen molar-refractivity contribution >= 4 is 17.7 Å². The number of Topliss-reactive ketones (excluding diaryl/α,β-unsaturated/α-hetero) is 1. The van der Waals surface area contributed by atoms with Crippen molar-refractivity contribution in [3.63, 3.8) is 0 Å². The highest BCUT2D eigenvalue weighted by Crippen LogP contribution is 2.31. The Balaban J connectivity index is 1.91. The maximum absolute atomic E-state index is 13.5. The third-order valence-corrected chi connectivity index (χ3v) is 7.06. The molecule has 166 valence electrons. The van der Waals surface area contributed by atoms with Crippen molar-refractivity contribution in [1.29, 1.82) is 0 Å². The molecule has 30 heavy (non-hydrogen) atoms. The van der Waals surface area contributed by atoms with E-state index in [9.17, 15) is 14.4 Å². The lowest BCUT2D eigenvalue weighted by Crippen LogP contribution is -2.46. The number of nitrogens with zero attached hydrogens (tertiary/aromatic N) is 2. The van der Waals surface area contributed by atoms with Crippen molar-refractivity contribution < 1.29 is 19.1 Å². The maximum atomic E-state index is 13.5. The Labute approximate surface area is 179 Å². The van der Waals surface area contributed by atoms with Crippen LogP contribution in [0.15, 0.2) is 0 Å². The smallest absolute Gasteiger partial charge is 0.354 e. The molecule has 0 radical (unpaired) electrons. The number of methoxy groups -OCH3 is 1. The Morgan fingerprint density at radius 2 is 1.60 bits per heavy atom. The van der Waals surface area contributed by atoms with Gasteiger partial charge in [0.2, 0.25) is 5.91 Å². The van der Waals surface area contributed by atoms with Crippen LogP contribution in [0.2, 0.25) is 0 Å². The van der Waals surface area contributed by atoms with Crippen molar-refractivity contribution in [1.82, 2.24) is 9.47 Å². The zero-order valence-corrected chi connectivity index (χ0v) is 19.0. The summed E-state index contributed by atoms with van der Waals surface area (Å²) in [6, 6.07) is 0.157. The van der Waals surface area contributed by atoms with Gasteiger partial charge >= 0.3 is 5.97 Å². The fourth-order valence-corrected chi connectivity index (χ4v) is 5.48. The Kier molecular flexibility index (Phi) is 7.37. The lowest BCUT2D eigenvalue weighted by Gasteiger charge is -2.35. The van der Waals surface area contributed by atoms with Gasteiger partial charge in [-0.1, -0.05) is 32.1 Å². The molecule has 2 aliphatic rings. The topological polar surface area (TPSA) is 68.6 Å². The molecule has 3 rings (SSSR count). The predicted octanol–water partition coefficient (Wildman–Crippen LogP) is 4.45. The number of rotatable bonds is 7. The van der Waals surface area contributed by atoms with E-state index in [2.05, 4.69) is 0 Å². The van der Waals surface area contributed by atoms with E-state index in [4.69, 9.17) is 4.74 Å². The molecule has 0 aromatic carbocycles. The first-order valence-electron chi connectivity index (χ1n) is 11.5. The zero-order chi connectivity index (χ0) is 21.8. The molecule has 0 spiro atoms. The zero-order valence-electron chi connectivity index (χ0n) is 19.0. The fraction of sp³-hybridized carbons (Fsp3) is 0.708. The van der Waals surface area contributed by atoms with Crippen molar-refractivity contribution in [2.75, 3.05) is 13.7 Å². The van der Waals surface area contributed by atoms with Gasteiger partial charge < -0.3 is 14.2 Å². The summed E-state index contributed by atoms with van der Waals surface area (Å²) in [5.41, 5.74) is 2.44. The number of hydrogen-bond donors (Lipinski definition) is 0. The minimum Gasteiger partial charge on any atom is -0.464 e. The van der Waals surface area contributed by atoms with Crippen LogP contribution < -0.4 is 0 Å². The lowest BCUT2D eigenvalue weighted by molar-refractivity contribution is -0.137. The second-order valence-electron chi connectivity index (χ2n) is 8.83. The number of amides is 1. The summed E-state index contributed by atoms with van der Waals surface area (Å²) in [5, 5.41) is 0. The quantitative estimate of drug-likeness (QED) is 0.487. The van der Waals surface area contributed by atoms with Gasteiger partial charge in [0.05, 0.1) is 13.7 Å². The Bertz CT molecular complexity index is 799. The van der Waals surface area contributed by atoms with E-state index in [0.29, 0.717) is 23.4 Å². The van der Waals surface area contributed by atoms with E-state index < -0.39 is 5.97 Å². The summed E-state index contributed by atoms with van der Waals surface area (Å²) in [6.45, 7) is 6.32. The molecule has 1 aromatic heterocycles. The van der Waals surface area contributed by atoms with Crippen molar-refractivity contribution in [2.24, 2.45) is 5.92 Å². The molecule has 0 unspecified atom stereocenters. The third kappa shape index (κ3) is 4.33. The molecule has 2 saturated carbocycles. The molecular formula is C24H36N2O4. The number of esters is 1. The van der Waals surface area contributed by atoms with Gasteiger partial charge in [-0.05, 0) is 52.0 Å². The van der Waals surface area contributed by atoms with E-state index in [1.54, 1.807) is 0 Å². The second kappa shape index (κ2) is 9.80. The average Bonchev–Trinajstić information content (AvgIpc) is 3.37. The van der Waals surface area contributed by atoms with Crippen LogP contribution in [0.25, 0.3) is 0 Å². The number of ketones is 1. The van der Waals surface area contributed by atoms with Gasteiger partial charge in [0, 0.05) is 29.8 Å². The van der Waals surface area contributed by atoms with Gasteiger partial charge in [0.25, 0.3) is 0 Å². The van der Waals surface area contributed by atoms with Gasteiger partial charge in [-0.15, -0.1) is 0 Å². The molecule has 2 aliphatic carbocycles. The first kappa shape index (κ1) is 22.6. The van der Waals surface area contributed by atoms with Gasteiger partial charge in [0.1, 0.15) is 5.69 Å². The molecule has 6 heteroatoms. The van der Waals surface area contributed by atoms with E-state index in [-0.39, 0.29) is 30.2 Å². The molecule has 2 fully saturated rings. The van der Waals surface area contributed by atoms with E-state index in [0.717, 1.165) is 57.1 Å². The summed E-state index contributed by atoms with van der Waals surface area (Å²) >= 11 is 0. The van der Waals surface area contributed by atoms with E-state index in [1.165, 1.54) is 13.5 Å². The molecule has 1 aromatic rings. The fourth-order valence-electron chi connectivity index (χ4n) is 5.48. The summed E-state index contributed by atoms with van der Waals surface area (Å²) in [7, 11) is 1.36. The molecule has 0 aliphatic heterocycles. The summed E-state index contributed by atoms with van der Waals surface area (Å²) in [6.07, 6.45) is 9.47. The van der Waals surface area contributed by atoms with Crippen LogP contribution in [0.5, 0.6) is 0 Å². The van der Waals surface area contributed by atoms with E-state index in [1.807, 2.05) is 30.2 Å². The van der Waals surface area contributed by atoms with Gasteiger partial charge in [-0.25, -0.2) is 4.79 Å². The third-order valence-electron chi connectivity index (χ3n) is 7.06. The Morgan fingerprint density at radius 1 is 1.00 bits per heavy atom. The second-order valence-corrected chi connectivity index (χ2v) is 8.83. The summed E-state index contributed by atoms with van der Waals surface area (Å²) < 4.78 is 6.80. The van der Waals surface area contributed by atoms with Gasteiger partial charge in [-0.2, -0.15) is 0 Å². The van der Waals surface area contributed by atoms with Crippen LogP contribution in [-0.2, 0) is 16.1 Å². The van der Waals surface area contributed by atoms with Gasteiger partial charge in [-0.3, -0.25) is 9.59 Å². The minimum absolute atomic E-state index is 0.0628. The molecule has 1 heterocycles. The number of hydrogen-bond acceptors (Lipinski definition) is 4. The monoisotopic (exact) mass is 416 g/mol. The molecule has 6 nitrogen and oxygen atoms in total. The highest BCUT2D eigenvalue weighted by molar-refractivity contribution is 6.04. The minimum atomic E-state index is -0.428. The van der Waals surface area contributed by atoms with E-state index >= 15 is 0 Å².